The Hall–Kier alpha value is -2.59. The number of hydrogen-bond acceptors (Lipinski definition) is 5. The van der Waals surface area contributed by atoms with Crippen molar-refractivity contribution in [3.63, 3.8) is 0 Å². The fraction of sp³-hybridized carbons (Fsp3) is 0.654. The molecule has 1 aromatic rings. The van der Waals surface area contributed by atoms with Crippen molar-refractivity contribution in [2.75, 3.05) is 31.5 Å². The molecule has 180 valence electrons. The molecule has 1 saturated carbocycles. The van der Waals surface area contributed by atoms with Gasteiger partial charge in [-0.25, -0.2) is 0 Å². The van der Waals surface area contributed by atoms with Gasteiger partial charge >= 0.3 is 0 Å². The monoisotopic (exact) mass is 453 g/mol. The lowest BCUT2D eigenvalue weighted by Gasteiger charge is -2.32. The predicted molar refractivity (Wildman–Crippen MR) is 131 cm³/mol. The summed E-state index contributed by atoms with van der Waals surface area (Å²) in [5, 5.41) is 18.8. The molecule has 3 atom stereocenters. The predicted octanol–water partition coefficient (Wildman–Crippen LogP) is 3.54. The molecular formula is C26H39N5O2. The minimum absolute atomic E-state index is 0.121. The van der Waals surface area contributed by atoms with E-state index < -0.39 is 6.04 Å². The van der Waals surface area contributed by atoms with Crippen molar-refractivity contribution in [2.45, 2.75) is 70.9 Å². The molecule has 2 fully saturated rings. The number of anilines is 1. The Bertz CT molecular complexity index is 811. The fourth-order valence-corrected chi connectivity index (χ4v) is 4.87. The molecule has 0 spiro atoms. The van der Waals surface area contributed by atoms with Gasteiger partial charge in [0.15, 0.2) is 0 Å². The molecule has 1 unspecified atom stereocenters. The Morgan fingerprint density at radius 1 is 1.09 bits per heavy atom. The van der Waals surface area contributed by atoms with E-state index >= 15 is 0 Å². The molecule has 0 aromatic heterocycles. The van der Waals surface area contributed by atoms with Crippen molar-refractivity contribution in [2.24, 2.45) is 11.8 Å². The quantitative estimate of drug-likeness (QED) is 0.503. The van der Waals surface area contributed by atoms with Crippen LogP contribution in [-0.4, -0.2) is 55.0 Å². The Balaban J connectivity index is 1.51. The van der Waals surface area contributed by atoms with Gasteiger partial charge in [-0.2, -0.15) is 5.26 Å². The molecule has 1 aliphatic carbocycles. The number of amides is 2. The third-order valence-corrected chi connectivity index (χ3v) is 6.70. The normalized spacial score (nSPS) is 21.9. The Kier molecular flexibility index (Phi) is 9.56. The van der Waals surface area contributed by atoms with E-state index in [-0.39, 0.29) is 23.8 Å². The summed E-state index contributed by atoms with van der Waals surface area (Å²) in [7, 11) is 0. The van der Waals surface area contributed by atoms with Crippen molar-refractivity contribution in [1.82, 2.24) is 15.5 Å². The Morgan fingerprint density at radius 2 is 1.79 bits per heavy atom. The highest BCUT2D eigenvalue weighted by Crippen LogP contribution is 2.25. The summed E-state index contributed by atoms with van der Waals surface area (Å²) in [5.74, 6) is -0.237. The highest BCUT2D eigenvalue weighted by Gasteiger charge is 2.33. The zero-order valence-electron chi connectivity index (χ0n) is 20.1. The van der Waals surface area contributed by atoms with Crippen molar-refractivity contribution in [3.05, 3.63) is 29.8 Å². The maximum absolute atomic E-state index is 12.9. The molecule has 3 N–H and O–H groups in total. The van der Waals surface area contributed by atoms with Crippen LogP contribution in [0.3, 0.4) is 0 Å². The molecule has 1 aliphatic heterocycles. The number of rotatable bonds is 10. The molecule has 3 rings (SSSR count). The van der Waals surface area contributed by atoms with Crippen LogP contribution < -0.4 is 16.0 Å². The summed E-state index contributed by atoms with van der Waals surface area (Å²) in [6.45, 7) is 8.39. The van der Waals surface area contributed by atoms with Crippen LogP contribution in [0, 0.1) is 23.2 Å². The maximum atomic E-state index is 12.9. The largest absolute Gasteiger partial charge is 0.384 e. The zero-order chi connectivity index (χ0) is 23.6. The molecule has 7 heteroatoms. The standard InChI is InChI=1S/C26H39N5O2/c1-19(2)17-22(18-27)29-26(33)23-7-3-4-8-24(23)30-25(32)20-9-11-21(12-10-20)28-13-16-31-14-5-6-15-31/h9-12,19,22-24,28H,3-8,13-17H2,1-2H3,(H,29,33)(H,30,32)/t22-,23+,24?/m0/s1. The first kappa shape index (κ1) is 25.0. The zero-order valence-corrected chi connectivity index (χ0v) is 20.1. The van der Waals surface area contributed by atoms with E-state index in [0.29, 0.717) is 17.9 Å². The van der Waals surface area contributed by atoms with Crippen molar-refractivity contribution < 1.29 is 9.59 Å². The van der Waals surface area contributed by atoms with Gasteiger partial charge in [-0.3, -0.25) is 9.59 Å². The summed E-state index contributed by atoms with van der Waals surface area (Å²) in [5.41, 5.74) is 1.60. The summed E-state index contributed by atoms with van der Waals surface area (Å²) in [6, 6.07) is 9.04. The highest BCUT2D eigenvalue weighted by atomic mass is 16.2. The number of nitrogens with zero attached hydrogens (tertiary/aromatic N) is 2. The van der Waals surface area contributed by atoms with Crippen LogP contribution in [0.2, 0.25) is 0 Å². The number of nitriles is 1. The molecule has 0 radical (unpaired) electrons. The molecule has 1 heterocycles. The summed E-state index contributed by atoms with van der Waals surface area (Å²) >= 11 is 0. The molecule has 33 heavy (non-hydrogen) atoms. The molecule has 7 nitrogen and oxygen atoms in total. The van der Waals surface area contributed by atoms with Gasteiger partial charge in [0.2, 0.25) is 5.91 Å². The van der Waals surface area contributed by atoms with Crippen molar-refractivity contribution >= 4 is 17.5 Å². The number of nitrogens with one attached hydrogen (secondary N) is 3. The van der Waals surface area contributed by atoms with Gasteiger partial charge < -0.3 is 20.9 Å². The number of carbonyl (C=O) groups excluding carboxylic acids is 2. The van der Waals surface area contributed by atoms with Crippen LogP contribution in [0.1, 0.15) is 69.2 Å². The molecule has 2 amide bonds. The van der Waals surface area contributed by atoms with E-state index in [4.69, 9.17) is 0 Å². The van der Waals surface area contributed by atoms with Crippen LogP contribution in [0.15, 0.2) is 24.3 Å². The van der Waals surface area contributed by atoms with Gasteiger partial charge in [0.25, 0.3) is 5.91 Å². The molecule has 1 aromatic carbocycles. The first-order valence-corrected chi connectivity index (χ1v) is 12.5. The van der Waals surface area contributed by atoms with Gasteiger partial charge in [0.05, 0.1) is 12.0 Å². The van der Waals surface area contributed by atoms with Crippen molar-refractivity contribution in [3.8, 4) is 6.07 Å². The lowest BCUT2D eigenvalue weighted by atomic mass is 9.83. The topological polar surface area (TPSA) is 97.3 Å². The smallest absolute Gasteiger partial charge is 0.251 e. The van der Waals surface area contributed by atoms with E-state index in [1.54, 1.807) is 0 Å². The van der Waals surface area contributed by atoms with E-state index in [9.17, 15) is 14.9 Å². The SMILES string of the molecule is CC(C)C[C@@H](C#N)NC(=O)[C@@H]1CCCCC1NC(=O)c1ccc(NCCN2CCCC2)cc1. The Morgan fingerprint density at radius 3 is 2.45 bits per heavy atom. The Labute approximate surface area is 198 Å². The first-order chi connectivity index (χ1) is 16.0. The van der Waals surface area contributed by atoms with Crippen LogP contribution in [0.4, 0.5) is 5.69 Å². The fourth-order valence-electron chi connectivity index (χ4n) is 4.87. The second-order valence-electron chi connectivity index (χ2n) is 9.84. The van der Waals surface area contributed by atoms with Gasteiger partial charge in [-0.15, -0.1) is 0 Å². The van der Waals surface area contributed by atoms with E-state index in [1.807, 2.05) is 38.1 Å². The number of likely N-dealkylation sites (tertiary alicyclic amines) is 1. The third-order valence-electron chi connectivity index (χ3n) is 6.70. The van der Waals surface area contributed by atoms with Gasteiger partial charge in [-0.1, -0.05) is 26.7 Å². The maximum Gasteiger partial charge on any atom is 0.251 e. The second kappa shape index (κ2) is 12.6. The second-order valence-corrected chi connectivity index (χ2v) is 9.84. The minimum atomic E-state index is -0.485. The van der Waals surface area contributed by atoms with Crippen molar-refractivity contribution in [1.29, 1.82) is 5.26 Å². The van der Waals surface area contributed by atoms with E-state index in [1.165, 1.54) is 25.9 Å². The highest BCUT2D eigenvalue weighted by molar-refractivity contribution is 5.95. The van der Waals surface area contributed by atoms with Crippen LogP contribution in [0.5, 0.6) is 0 Å². The van der Waals surface area contributed by atoms with Gasteiger partial charge in [0, 0.05) is 30.4 Å². The summed E-state index contributed by atoms with van der Waals surface area (Å²) in [6.07, 6.45) is 6.68. The molecular weight excluding hydrogens is 414 g/mol. The first-order valence-electron chi connectivity index (χ1n) is 12.5. The number of carbonyl (C=O) groups is 2. The van der Waals surface area contributed by atoms with Gasteiger partial charge in [-0.05, 0) is 75.4 Å². The van der Waals surface area contributed by atoms with E-state index in [2.05, 4.69) is 26.9 Å². The lowest BCUT2D eigenvalue weighted by molar-refractivity contribution is -0.127. The number of benzene rings is 1. The molecule has 0 bridgehead atoms. The van der Waals surface area contributed by atoms with Crippen LogP contribution in [0.25, 0.3) is 0 Å². The van der Waals surface area contributed by atoms with Gasteiger partial charge in [0.1, 0.15) is 6.04 Å². The lowest BCUT2D eigenvalue weighted by Crippen LogP contribution is -2.50. The summed E-state index contributed by atoms with van der Waals surface area (Å²) in [4.78, 5) is 28.2. The van der Waals surface area contributed by atoms with Crippen LogP contribution >= 0.6 is 0 Å². The average Bonchev–Trinajstić information content (AvgIpc) is 3.32. The minimum Gasteiger partial charge on any atom is -0.384 e. The molecule has 2 aliphatic rings. The molecule has 1 saturated heterocycles. The third kappa shape index (κ3) is 7.75. The van der Waals surface area contributed by atoms with Crippen LogP contribution in [-0.2, 0) is 4.79 Å². The average molecular weight is 454 g/mol. The number of hydrogen-bond donors (Lipinski definition) is 3. The van der Waals surface area contributed by atoms with E-state index in [0.717, 1.165) is 44.5 Å². The summed E-state index contributed by atoms with van der Waals surface area (Å²) < 4.78 is 0.